The molecule has 3 fully saturated rings. The van der Waals surface area contributed by atoms with Gasteiger partial charge in [-0.25, -0.2) is 0 Å². The summed E-state index contributed by atoms with van der Waals surface area (Å²) in [5, 5.41) is 3.87. The molecule has 2 heteroatoms. The first-order chi connectivity index (χ1) is 8.36. The van der Waals surface area contributed by atoms with Crippen molar-refractivity contribution in [3.63, 3.8) is 0 Å². The highest BCUT2D eigenvalue weighted by Crippen LogP contribution is 2.33. The van der Waals surface area contributed by atoms with E-state index in [1.807, 2.05) is 0 Å². The zero-order valence-electron chi connectivity index (χ0n) is 11.2. The van der Waals surface area contributed by atoms with Crippen LogP contribution < -0.4 is 5.32 Å². The number of hydrogen-bond donors (Lipinski definition) is 1. The van der Waals surface area contributed by atoms with E-state index < -0.39 is 0 Å². The molecule has 1 saturated heterocycles. The molecule has 1 spiro atoms. The van der Waals surface area contributed by atoms with E-state index in [1.165, 1.54) is 84.0 Å². The molecule has 1 aliphatic heterocycles. The third kappa shape index (κ3) is 2.85. The zero-order chi connectivity index (χ0) is 11.6. The maximum atomic E-state index is 3.87. The van der Waals surface area contributed by atoms with Crippen LogP contribution >= 0.6 is 0 Å². The van der Waals surface area contributed by atoms with Gasteiger partial charge in [-0.2, -0.15) is 0 Å². The summed E-state index contributed by atoms with van der Waals surface area (Å²) in [7, 11) is 0. The van der Waals surface area contributed by atoms with E-state index >= 15 is 0 Å². The summed E-state index contributed by atoms with van der Waals surface area (Å²) in [5.74, 6) is 1.02. The van der Waals surface area contributed by atoms with Crippen molar-refractivity contribution in [2.45, 2.75) is 63.3 Å². The molecule has 3 aliphatic rings. The first-order valence-corrected chi connectivity index (χ1v) is 7.84. The summed E-state index contributed by atoms with van der Waals surface area (Å²) in [6.07, 6.45) is 13.1. The van der Waals surface area contributed by atoms with Crippen LogP contribution in [-0.2, 0) is 0 Å². The molecule has 0 unspecified atom stereocenters. The Bertz CT molecular complexity index is 239. The summed E-state index contributed by atoms with van der Waals surface area (Å²) in [4.78, 5) is 2.79. The van der Waals surface area contributed by atoms with Crippen molar-refractivity contribution in [1.82, 2.24) is 10.2 Å². The van der Waals surface area contributed by atoms with Crippen LogP contribution in [0.5, 0.6) is 0 Å². The normalized spacial score (nSPS) is 31.1. The van der Waals surface area contributed by atoms with E-state index in [9.17, 15) is 0 Å². The molecule has 1 N–H and O–H groups in total. The molecule has 0 aromatic heterocycles. The maximum absolute atomic E-state index is 3.87. The molecule has 2 aliphatic carbocycles. The van der Waals surface area contributed by atoms with Crippen LogP contribution in [-0.4, -0.2) is 36.6 Å². The van der Waals surface area contributed by atoms with Gasteiger partial charge < -0.3 is 10.2 Å². The van der Waals surface area contributed by atoms with Crippen molar-refractivity contribution >= 4 is 0 Å². The smallest absolute Gasteiger partial charge is 0.0308 e. The molecular weight excluding hydrogens is 208 g/mol. The van der Waals surface area contributed by atoms with Crippen molar-refractivity contribution in [1.29, 1.82) is 0 Å². The van der Waals surface area contributed by atoms with Crippen LogP contribution in [0.1, 0.15) is 57.8 Å². The Labute approximate surface area is 106 Å². The number of nitrogens with zero attached hydrogens (tertiary/aromatic N) is 1. The first kappa shape index (κ1) is 12.0. The summed E-state index contributed by atoms with van der Waals surface area (Å²) >= 11 is 0. The molecular formula is C15H28N2. The van der Waals surface area contributed by atoms with Crippen LogP contribution in [0.25, 0.3) is 0 Å². The second kappa shape index (κ2) is 5.27. The topological polar surface area (TPSA) is 15.3 Å². The van der Waals surface area contributed by atoms with Crippen LogP contribution in [0.15, 0.2) is 0 Å². The number of nitrogens with one attached hydrogen (secondary N) is 1. The molecule has 2 saturated carbocycles. The van der Waals surface area contributed by atoms with E-state index in [0.29, 0.717) is 5.54 Å². The molecule has 2 nitrogen and oxygen atoms in total. The highest BCUT2D eigenvalue weighted by molar-refractivity contribution is 4.97. The fourth-order valence-electron chi connectivity index (χ4n) is 4.32. The van der Waals surface area contributed by atoms with Crippen molar-refractivity contribution in [3.8, 4) is 0 Å². The average Bonchev–Trinajstić information content (AvgIpc) is 2.92. The van der Waals surface area contributed by atoms with Crippen LogP contribution in [0, 0.1) is 5.92 Å². The largest absolute Gasteiger partial charge is 0.310 e. The predicted octanol–water partition coefficient (Wildman–Crippen LogP) is 2.78. The molecule has 98 valence electrons. The van der Waals surface area contributed by atoms with Gasteiger partial charge in [-0.3, -0.25) is 0 Å². The Kier molecular flexibility index (Phi) is 3.72. The van der Waals surface area contributed by atoms with Gasteiger partial charge in [-0.1, -0.05) is 25.7 Å². The van der Waals surface area contributed by atoms with Crippen molar-refractivity contribution in [2.24, 2.45) is 5.92 Å². The summed E-state index contributed by atoms with van der Waals surface area (Å²) in [5.41, 5.74) is 0.509. The molecule has 0 aromatic rings. The Hall–Kier alpha value is -0.0800. The Balaban J connectivity index is 1.59. The lowest BCUT2D eigenvalue weighted by Crippen LogP contribution is -2.49. The lowest BCUT2D eigenvalue weighted by molar-refractivity contribution is 0.185. The van der Waals surface area contributed by atoms with Gasteiger partial charge in [-0.05, 0) is 51.1 Å². The van der Waals surface area contributed by atoms with Gasteiger partial charge in [0.05, 0.1) is 0 Å². The van der Waals surface area contributed by atoms with Crippen LogP contribution in [0.2, 0.25) is 0 Å². The molecule has 0 aromatic carbocycles. The quantitative estimate of drug-likeness (QED) is 0.793. The Morgan fingerprint density at radius 3 is 2.53 bits per heavy atom. The van der Waals surface area contributed by atoms with Gasteiger partial charge in [0.1, 0.15) is 0 Å². The van der Waals surface area contributed by atoms with Crippen molar-refractivity contribution < 1.29 is 0 Å². The lowest BCUT2D eigenvalue weighted by atomic mass is 9.96. The SMILES string of the molecule is C1CCC(CN2CCCNC3(CCCC3)C2)C1. The van der Waals surface area contributed by atoms with Gasteiger partial charge in [0.15, 0.2) is 0 Å². The highest BCUT2D eigenvalue weighted by Gasteiger charge is 2.36. The lowest BCUT2D eigenvalue weighted by Gasteiger charge is -2.34. The summed E-state index contributed by atoms with van der Waals surface area (Å²) in [6.45, 7) is 5.32. The fourth-order valence-corrected chi connectivity index (χ4v) is 4.32. The standard InChI is InChI=1S/C15H28N2/c1-2-7-14(6-1)12-17-11-5-10-16-15(13-17)8-3-4-9-15/h14,16H,1-13H2. The predicted molar refractivity (Wildman–Crippen MR) is 72.2 cm³/mol. The number of rotatable bonds is 2. The Morgan fingerprint density at radius 2 is 1.76 bits per heavy atom. The van der Waals surface area contributed by atoms with Crippen LogP contribution in [0.3, 0.4) is 0 Å². The van der Waals surface area contributed by atoms with Crippen LogP contribution in [0.4, 0.5) is 0 Å². The zero-order valence-corrected chi connectivity index (χ0v) is 11.2. The second-order valence-corrected chi connectivity index (χ2v) is 6.65. The monoisotopic (exact) mass is 236 g/mol. The maximum Gasteiger partial charge on any atom is 0.0308 e. The molecule has 0 atom stereocenters. The molecule has 17 heavy (non-hydrogen) atoms. The molecule has 1 heterocycles. The summed E-state index contributed by atoms with van der Waals surface area (Å²) in [6, 6.07) is 0. The van der Waals surface area contributed by atoms with E-state index in [1.54, 1.807) is 0 Å². The minimum Gasteiger partial charge on any atom is -0.310 e. The summed E-state index contributed by atoms with van der Waals surface area (Å²) < 4.78 is 0. The third-order valence-corrected chi connectivity index (χ3v) is 5.23. The van der Waals surface area contributed by atoms with E-state index in [-0.39, 0.29) is 0 Å². The van der Waals surface area contributed by atoms with Gasteiger partial charge in [0, 0.05) is 18.6 Å². The highest BCUT2D eigenvalue weighted by atomic mass is 15.2. The van der Waals surface area contributed by atoms with Gasteiger partial charge in [-0.15, -0.1) is 0 Å². The van der Waals surface area contributed by atoms with Gasteiger partial charge >= 0.3 is 0 Å². The average molecular weight is 236 g/mol. The van der Waals surface area contributed by atoms with E-state index in [2.05, 4.69) is 10.2 Å². The van der Waals surface area contributed by atoms with Gasteiger partial charge in [0.2, 0.25) is 0 Å². The van der Waals surface area contributed by atoms with E-state index in [4.69, 9.17) is 0 Å². The van der Waals surface area contributed by atoms with Gasteiger partial charge in [0.25, 0.3) is 0 Å². The molecule has 0 amide bonds. The molecule has 0 bridgehead atoms. The second-order valence-electron chi connectivity index (χ2n) is 6.65. The molecule has 3 rings (SSSR count). The molecule has 0 radical (unpaired) electrons. The minimum atomic E-state index is 0.509. The Morgan fingerprint density at radius 1 is 1.00 bits per heavy atom. The fraction of sp³-hybridized carbons (Fsp3) is 1.00. The van der Waals surface area contributed by atoms with Crippen molar-refractivity contribution in [2.75, 3.05) is 26.2 Å². The van der Waals surface area contributed by atoms with Crippen molar-refractivity contribution in [3.05, 3.63) is 0 Å². The minimum absolute atomic E-state index is 0.509. The third-order valence-electron chi connectivity index (χ3n) is 5.23. The number of hydrogen-bond acceptors (Lipinski definition) is 2. The van der Waals surface area contributed by atoms with E-state index in [0.717, 1.165) is 5.92 Å². The first-order valence-electron chi connectivity index (χ1n) is 7.84.